The van der Waals surface area contributed by atoms with Crippen molar-refractivity contribution in [2.75, 3.05) is 0 Å². The van der Waals surface area contributed by atoms with Crippen LogP contribution in [0.2, 0.25) is 8.94 Å². The van der Waals surface area contributed by atoms with E-state index in [2.05, 4.69) is 13.8 Å². The predicted molar refractivity (Wildman–Crippen MR) is 69.4 cm³/mol. The normalized spacial score (nSPS) is 10.7. The van der Waals surface area contributed by atoms with Crippen LogP contribution in [0, 0.1) is 0 Å². The van der Waals surface area contributed by atoms with Gasteiger partial charge in [0.1, 0.15) is 0 Å². The molecule has 0 N–H and O–H groups in total. The Kier molecular flexibility index (Phi) is 16.2. The molecule has 0 spiro atoms. The molecule has 2 heteroatoms. The molecule has 0 unspecified atom stereocenters. The Morgan fingerprint density at radius 1 is 0.571 bits per heavy atom. The molecule has 0 rings (SSSR count). The average molecular weight is 426 g/mol. The third-order valence-electron chi connectivity index (χ3n) is 2.25. The first-order valence-corrected chi connectivity index (χ1v) is 16.8. The van der Waals surface area contributed by atoms with Crippen LogP contribution < -0.4 is 0 Å². The van der Waals surface area contributed by atoms with Gasteiger partial charge in [0.2, 0.25) is 0 Å². The van der Waals surface area contributed by atoms with Crippen LogP contribution in [0.4, 0.5) is 0 Å². The molecule has 86 valence electrons. The SMILES string of the molecule is CCCCCC[Te][Te]CCCCCC. The van der Waals surface area contributed by atoms with Crippen LogP contribution in [0.3, 0.4) is 0 Å². The van der Waals surface area contributed by atoms with Crippen molar-refractivity contribution in [3.63, 3.8) is 0 Å². The zero-order valence-electron chi connectivity index (χ0n) is 9.89. The Morgan fingerprint density at radius 3 is 1.36 bits per heavy atom. The zero-order valence-corrected chi connectivity index (χ0v) is 14.5. The van der Waals surface area contributed by atoms with Gasteiger partial charge >= 0.3 is 108 Å². The van der Waals surface area contributed by atoms with Crippen LogP contribution in [0.15, 0.2) is 0 Å². The van der Waals surface area contributed by atoms with Crippen molar-refractivity contribution < 1.29 is 0 Å². The van der Waals surface area contributed by atoms with Gasteiger partial charge in [-0.2, -0.15) is 0 Å². The molecule has 0 saturated carbocycles. The summed E-state index contributed by atoms with van der Waals surface area (Å²) in [4.78, 5) is 0. The molecule has 0 saturated heterocycles. The summed E-state index contributed by atoms with van der Waals surface area (Å²) in [5.41, 5.74) is 0. The van der Waals surface area contributed by atoms with Crippen molar-refractivity contribution in [3.8, 4) is 0 Å². The van der Waals surface area contributed by atoms with Crippen LogP contribution in [0.5, 0.6) is 0 Å². The van der Waals surface area contributed by atoms with E-state index in [-0.39, 0.29) is 0 Å². The second kappa shape index (κ2) is 14.6. The van der Waals surface area contributed by atoms with Gasteiger partial charge in [0.25, 0.3) is 0 Å². The zero-order chi connectivity index (χ0) is 10.5. The minimum absolute atomic E-state index is 0.552. The minimum atomic E-state index is 0.552. The maximum absolute atomic E-state index is 2.30. The van der Waals surface area contributed by atoms with Crippen molar-refractivity contribution in [2.24, 2.45) is 0 Å². The molecule has 0 radical (unpaired) electrons. The first-order chi connectivity index (χ1) is 6.91. The van der Waals surface area contributed by atoms with Crippen LogP contribution in [0.1, 0.15) is 65.2 Å². The summed E-state index contributed by atoms with van der Waals surface area (Å²) in [7, 11) is 0. The summed E-state index contributed by atoms with van der Waals surface area (Å²) in [6.07, 6.45) is 11.9. The van der Waals surface area contributed by atoms with Crippen molar-refractivity contribution in [2.45, 2.75) is 74.2 Å². The van der Waals surface area contributed by atoms with Gasteiger partial charge in [-0.1, -0.05) is 0 Å². The molecule has 0 aliphatic carbocycles. The Bertz CT molecular complexity index is 82.3. The molecule has 0 bridgehead atoms. The standard InChI is InChI=1S/C12H26Te2/c1-3-5-7-9-11-13-14-12-10-8-6-4-2/h3-12H2,1-2H3. The van der Waals surface area contributed by atoms with E-state index in [1.54, 1.807) is 21.8 Å². The topological polar surface area (TPSA) is 0 Å². The van der Waals surface area contributed by atoms with E-state index in [0.717, 1.165) is 0 Å². The summed E-state index contributed by atoms with van der Waals surface area (Å²) >= 11 is 1.10. The molecule has 0 aromatic carbocycles. The number of unbranched alkanes of at least 4 members (excludes halogenated alkanes) is 6. The molecule has 0 aromatic rings. The number of rotatable bonds is 11. The number of hydrogen-bond acceptors (Lipinski definition) is 0. The van der Waals surface area contributed by atoms with E-state index >= 15 is 0 Å². The summed E-state index contributed by atoms with van der Waals surface area (Å²) < 4.78 is 3.34. The summed E-state index contributed by atoms with van der Waals surface area (Å²) in [5.74, 6) is 0. The van der Waals surface area contributed by atoms with Gasteiger partial charge in [0.15, 0.2) is 0 Å². The van der Waals surface area contributed by atoms with Crippen molar-refractivity contribution in [1.29, 1.82) is 0 Å². The molecular weight excluding hydrogens is 399 g/mol. The molecule has 0 fully saturated rings. The van der Waals surface area contributed by atoms with Crippen molar-refractivity contribution in [3.05, 3.63) is 0 Å². The second-order valence-electron chi connectivity index (χ2n) is 3.77. The maximum atomic E-state index is 2.30. The van der Waals surface area contributed by atoms with Crippen LogP contribution >= 0.6 is 0 Å². The fourth-order valence-corrected chi connectivity index (χ4v) is 12.8. The van der Waals surface area contributed by atoms with Gasteiger partial charge in [0.05, 0.1) is 0 Å². The van der Waals surface area contributed by atoms with E-state index in [1.165, 1.54) is 38.5 Å². The van der Waals surface area contributed by atoms with Gasteiger partial charge in [-0.05, 0) is 0 Å². The van der Waals surface area contributed by atoms with E-state index in [4.69, 9.17) is 0 Å². The van der Waals surface area contributed by atoms with Gasteiger partial charge in [0, 0.05) is 0 Å². The monoisotopic (exact) mass is 430 g/mol. The summed E-state index contributed by atoms with van der Waals surface area (Å²) in [6.45, 7) is 4.61. The van der Waals surface area contributed by atoms with Crippen molar-refractivity contribution in [1.82, 2.24) is 0 Å². The molecule has 0 heterocycles. The fourth-order valence-electron chi connectivity index (χ4n) is 1.29. The van der Waals surface area contributed by atoms with E-state index in [0.29, 0.717) is 34.1 Å². The third-order valence-corrected chi connectivity index (χ3v) is 14.9. The van der Waals surface area contributed by atoms with Gasteiger partial charge < -0.3 is 0 Å². The molecule has 0 nitrogen and oxygen atoms in total. The quantitative estimate of drug-likeness (QED) is 0.342. The van der Waals surface area contributed by atoms with Crippen LogP contribution in [-0.4, -0.2) is 34.1 Å². The van der Waals surface area contributed by atoms with Crippen LogP contribution in [0.25, 0.3) is 0 Å². The second-order valence-corrected chi connectivity index (χ2v) is 16.5. The summed E-state index contributed by atoms with van der Waals surface area (Å²) in [6, 6.07) is 0. The van der Waals surface area contributed by atoms with E-state index in [1.807, 2.05) is 0 Å². The Morgan fingerprint density at radius 2 is 1.00 bits per heavy atom. The molecule has 0 aromatic heterocycles. The van der Waals surface area contributed by atoms with Gasteiger partial charge in [-0.25, -0.2) is 0 Å². The first-order valence-electron chi connectivity index (χ1n) is 6.16. The third kappa shape index (κ3) is 13.6. The summed E-state index contributed by atoms with van der Waals surface area (Å²) in [5, 5.41) is 0. The van der Waals surface area contributed by atoms with E-state index in [9.17, 15) is 0 Å². The molecular formula is C12H26Te2. The first kappa shape index (κ1) is 15.6. The fraction of sp³-hybridized carbons (Fsp3) is 1.00. The Balaban J connectivity index is 2.78. The van der Waals surface area contributed by atoms with Gasteiger partial charge in [-0.3, -0.25) is 0 Å². The molecule has 0 atom stereocenters. The molecule has 0 amide bonds. The molecule has 0 aliphatic heterocycles. The molecule has 0 aliphatic rings. The predicted octanol–water partition coefficient (Wildman–Crippen LogP) is 4.31. The molecule has 14 heavy (non-hydrogen) atoms. The Labute approximate surface area is 107 Å². The van der Waals surface area contributed by atoms with Crippen molar-refractivity contribution >= 4 is 34.1 Å². The average Bonchev–Trinajstić information content (AvgIpc) is 2.21. The number of hydrogen-bond donors (Lipinski definition) is 0. The van der Waals surface area contributed by atoms with Gasteiger partial charge in [-0.15, -0.1) is 0 Å². The van der Waals surface area contributed by atoms with E-state index < -0.39 is 0 Å². The Hall–Kier alpha value is 1.58. The van der Waals surface area contributed by atoms with Crippen LogP contribution in [-0.2, 0) is 0 Å².